The van der Waals surface area contributed by atoms with Crippen LogP contribution in [0.3, 0.4) is 0 Å². The van der Waals surface area contributed by atoms with Gasteiger partial charge >= 0.3 is 0 Å². The summed E-state index contributed by atoms with van der Waals surface area (Å²) in [5.41, 5.74) is 6.99. The van der Waals surface area contributed by atoms with E-state index < -0.39 is 0 Å². The Balaban J connectivity index is 2.06. The van der Waals surface area contributed by atoms with E-state index in [1.54, 1.807) is 31.3 Å². The van der Waals surface area contributed by atoms with Gasteiger partial charge in [0, 0.05) is 37.3 Å². The third kappa shape index (κ3) is 3.61. The Morgan fingerprint density at radius 2 is 1.90 bits per heavy atom. The lowest BCUT2D eigenvalue weighted by atomic mass is 9.90. The first-order valence-electron chi connectivity index (χ1n) is 7.40. The van der Waals surface area contributed by atoms with E-state index >= 15 is 0 Å². The first-order valence-corrected chi connectivity index (χ1v) is 7.40. The highest BCUT2D eigenvalue weighted by atomic mass is 16.2. The summed E-state index contributed by atoms with van der Waals surface area (Å²) in [4.78, 5) is 26.0. The molecule has 0 bridgehead atoms. The Morgan fingerprint density at radius 3 is 2.48 bits per heavy atom. The van der Waals surface area contributed by atoms with Gasteiger partial charge in [-0.05, 0) is 43.9 Å². The fraction of sp³-hybridized carbons (Fsp3) is 0.500. The highest BCUT2D eigenvalue weighted by molar-refractivity contribution is 5.99. The Bertz CT molecular complexity index is 520. The van der Waals surface area contributed by atoms with E-state index in [0.29, 0.717) is 17.0 Å². The molecule has 2 amide bonds. The molecule has 0 saturated carbocycles. The van der Waals surface area contributed by atoms with E-state index in [1.807, 2.05) is 11.8 Å². The first kappa shape index (κ1) is 15.5. The van der Waals surface area contributed by atoms with Gasteiger partial charge < -0.3 is 16.0 Å². The quantitative estimate of drug-likeness (QED) is 0.879. The maximum atomic E-state index is 12.5. The molecular formula is C16H23N3O2. The topological polar surface area (TPSA) is 75.4 Å². The largest absolute Gasteiger partial charge is 0.355 e. The molecule has 1 aliphatic rings. The lowest BCUT2D eigenvalue weighted by Crippen LogP contribution is -2.42. The molecule has 2 rings (SSSR count). The van der Waals surface area contributed by atoms with Gasteiger partial charge in [-0.1, -0.05) is 6.07 Å². The van der Waals surface area contributed by atoms with E-state index in [0.717, 1.165) is 25.9 Å². The number of carbonyl (C=O) groups excluding carboxylic acids is 2. The summed E-state index contributed by atoms with van der Waals surface area (Å²) in [6.07, 6.45) is 1.89. The number of nitrogens with one attached hydrogen (secondary N) is 1. The lowest BCUT2D eigenvalue weighted by Gasteiger charge is -2.33. The minimum absolute atomic E-state index is 0.0103. The van der Waals surface area contributed by atoms with Crippen LogP contribution in [0.15, 0.2) is 24.3 Å². The van der Waals surface area contributed by atoms with E-state index in [-0.39, 0.29) is 17.9 Å². The second kappa shape index (κ2) is 6.72. The van der Waals surface area contributed by atoms with Crippen LogP contribution >= 0.6 is 0 Å². The maximum Gasteiger partial charge on any atom is 0.253 e. The summed E-state index contributed by atoms with van der Waals surface area (Å²) in [5.74, 6) is 0.301. The van der Waals surface area contributed by atoms with Crippen LogP contribution in [-0.2, 0) is 0 Å². The van der Waals surface area contributed by atoms with Gasteiger partial charge in [0.15, 0.2) is 0 Å². The number of hydrogen-bond acceptors (Lipinski definition) is 3. The smallest absolute Gasteiger partial charge is 0.253 e. The molecule has 1 fully saturated rings. The van der Waals surface area contributed by atoms with Crippen LogP contribution in [0.1, 0.15) is 40.5 Å². The van der Waals surface area contributed by atoms with Crippen LogP contribution < -0.4 is 11.1 Å². The van der Waals surface area contributed by atoms with Crippen molar-refractivity contribution in [2.45, 2.75) is 25.8 Å². The predicted octanol–water partition coefficient (Wildman–Crippen LogP) is 1.25. The number of nitrogens with zero attached hydrogens (tertiary/aromatic N) is 1. The van der Waals surface area contributed by atoms with Crippen molar-refractivity contribution < 1.29 is 9.59 Å². The van der Waals surface area contributed by atoms with Gasteiger partial charge in [0.1, 0.15) is 0 Å². The van der Waals surface area contributed by atoms with Crippen molar-refractivity contribution >= 4 is 11.8 Å². The van der Waals surface area contributed by atoms with Gasteiger partial charge in [0.2, 0.25) is 0 Å². The summed E-state index contributed by atoms with van der Waals surface area (Å²) in [6.45, 7) is 3.49. The molecule has 114 valence electrons. The van der Waals surface area contributed by atoms with Gasteiger partial charge in [-0.3, -0.25) is 9.59 Å². The minimum atomic E-state index is -0.180. The molecule has 0 aliphatic carbocycles. The Morgan fingerprint density at radius 1 is 1.29 bits per heavy atom. The number of rotatable bonds is 3. The van der Waals surface area contributed by atoms with Crippen molar-refractivity contribution in [3.8, 4) is 0 Å². The van der Waals surface area contributed by atoms with Crippen molar-refractivity contribution in [3.05, 3.63) is 35.4 Å². The van der Waals surface area contributed by atoms with Crippen LogP contribution in [0, 0.1) is 5.92 Å². The number of hydrogen-bond donors (Lipinski definition) is 2. The fourth-order valence-electron chi connectivity index (χ4n) is 2.75. The van der Waals surface area contributed by atoms with Crippen molar-refractivity contribution in [3.63, 3.8) is 0 Å². The molecule has 1 aliphatic heterocycles. The highest BCUT2D eigenvalue weighted by Crippen LogP contribution is 2.21. The van der Waals surface area contributed by atoms with Crippen LogP contribution in [0.5, 0.6) is 0 Å². The van der Waals surface area contributed by atoms with Crippen molar-refractivity contribution in [1.29, 1.82) is 0 Å². The number of piperidine rings is 1. The van der Waals surface area contributed by atoms with Crippen LogP contribution in [0.25, 0.3) is 0 Å². The summed E-state index contributed by atoms with van der Waals surface area (Å²) < 4.78 is 0. The Hall–Kier alpha value is -1.88. The number of amides is 2. The van der Waals surface area contributed by atoms with Gasteiger partial charge in [-0.25, -0.2) is 0 Å². The number of carbonyl (C=O) groups is 2. The maximum absolute atomic E-state index is 12.5. The first-order chi connectivity index (χ1) is 10.0. The third-order valence-corrected chi connectivity index (χ3v) is 4.17. The highest BCUT2D eigenvalue weighted by Gasteiger charge is 2.25. The van der Waals surface area contributed by atoms with Gasteiger partial charge in [0.25, 0.3) is 11.8 Å². The zero-order valence-corrected chi connectivity index (χ0v) is 12.6. The summed E-state index contributed by atoms with van der Waals surface area (Å²) in [7, 11) is 1.58. The number of benzene rings is 1. The molecule has 5 heteroatoms. The predicted molar refractivity (Wildman–Crippen MR) is 82.1 cm³/mol. The standard InChI is InChI=1S/C16H23N3O2/c1-11(17)12-6-8-19(9-7-12)16(21)14-5-3-4-13(10-14)15(20)18-2/h3-5,10-12H,6-9,17H2,1-2H3,(H,18,20). The van der Waals surface area contributed by atoms with E-state index in [4.69, 9.17) is 5.73 Å². The molecule has 0 spiro atoms. The average molecular weight is 289 g/mol. The van der Waals surface area contributed by atoms with E-state index in [1.165, 1.54) is 0 Å². The summed E-state index contributed by atoms with van der Waals surface area (Å²) in [6, 6.07) is 7.04. The molecule has 1 aromatic carbocycles. The minimum Gasteiger partial charge on any atom is -0.355 e. The SMILES string of the molecule is CNC(=O)c1cccc(C(=O)N2CCC(C(C)N)CC2)c1. The second-order valence-corrected chi connectivity index (χ2v) is 5.65. The number of nitrogens with two attached hydrogens (primary N) is 1. The molecule has 0 aromatic heterocycles. The summed E-state index contributed by atoms with van der Waals surface area (Å²) >= 11 is 0. The van der Waals surface area contributed by atoms with Gasteiger partial charge in [-0.2, -0.15) is 0 Å². The Kier molecular flexibility index (Phi) is 4.96. The molecule has 21 heavy (non-hydrogen) atoms. The summed E-state index contributed by atoms with van der Waals surface area (Å²) in [5, 5.41) is 2.57. The van der Waals surface area contributed by atoms with Crippen LogP contribution in [0.4, 0.5) is 0 Å². The normalized spacial score (nSPS) is 17.4. The molecule has 0 radical (unpaired) electrons. The third-order valence-electron chi connectivity index (χ3n) is 4.17. The van der Waals surface area contributed by atoms with Crippen molar-refractivity contribution in [2.24, 2.45) is 11.7 Å². The van der Waals surface area contributed by atoms with E-state index in [9.17, 15) is 9.59 Å². The van der Waals surface area contributed by atoms with E-state index in [2.05, 4.69) is 5.32 Å². The zero-order valence-electron chi connectivity index (χ0n) is 12.6. The lowest BCUT2D eigenvalue weighted by molar-refractivity contribution is 0.0681. The van der Waals surface area contributed by atoms with Crippen molar-refractivity contribution in [2.75, 3.05) is 20.1 Å². The van der Waals surface area contributed by atoms with Crippen LogP contribution in [-0.4, -0.2) is 42.9 Å². The zero-order chi connectivity index (χ0) is 15.4. The average Bonchev–Trinajstić information content (AvgIpc) is 2.53. The molecule has 3 N–H and O–H groups in total. The van der Waals surface area contributed by atoms with Gasteiger partial charge in [-0.15, -0.1) is 0 Å². The second-order valence-electron chi connectivity index (χ2n) is 5.65. The molecule has 1 saturated heterocycles. The monoisotopic (exact) mass is 289 g/mol. The van der Waals surface area contributed by atoms with Crippen molar-refractivity contribution in [1.82, 2.24) is 10.2 Å². The molecular weight excluding hydrogens is 266 g/mol. The molecule has 1 heterocycles. The van der Waals surface area contributed by atoms with Gasteiger partial charge in [0.05, 0.1) is 0 Å². The molecule has 1 atom stereocenters. The number of likely N-dealkylation sites (tertiary alicyclic amines) is 1. The molecule has 5 nitrogen and oxygen atoms in total. The molecule has 1 aromatic rings. The molecule has 1 unspecified atom stereocenters. The van der Waals surface area contributed by atoms with Crippen LogP contribution in [0.2, 0.25) is 0 Å². The fourth-order valence-corrected chi connectivity index (χ4v) is 2.75. The Labute approximate surface area is 125 Å².